The van der Waals surface area contributed by atoms with Crippen LogP contribution in [-0.2, 0) is 21.3 Å². The highest BCUT2D eigenvalue weighted by Gasteiger charge is 2.15. The van der Waals surface area contributed by atoms with Gasteiger partial charge in [0.25, 0.3) is 5.89 Å². The molecular weight excluding hydrogens is 374 g/mol. The lowest BCUT2D eigenvalue weighted by Crippen LogP contribution is -2.30. The summed E-state index contributed by atoms with van der Waals surface area (Å²) in [6.45, 7) is 3.96. The molecule has 1 aromatic heterocycles. The van der Waals surface area contributed by atoms with Crippen molar-refractivity contribution in [3.63, 3.8) is 0 Å². The Bertz CT molecular complexity index is 750. The van der Waals surface area contributed by atoms with Gasteiger partial charge in [0.05, 0.1) is 26.6 Å². The number of nitrogens with zero attached hydrogens (tertiary/aromatic N) is 2. The van der Waals surface area contributed by atoms with Crippen LogP contribution in [0.3, 0.4) is 0 Å². The number of carbonyl (C=O) groups excluding carboxylic acids is 1. The van der Waals surface area contributed by atoms with Crippen molar-refractivity contribution in [3.05, 3.63) is 24.0 Å². The summed E-state index contributed by atoms with van der Waals surface area (Å²) in [7, 11) is 1.57. The van der Waals surface area contributed by atoms with E-state index in [2.05, 4.69) is 15.5 Å². The number of aliphatic hydroxyl groups is 1. The molecule has 0 spiro atoms. The second-order valence-corrected chi connectivity index (χ2v) is 6.34. The molecule has 0 saturated heterocycles. The maximum absolute atomic E-state index is 11.9. The lowest BCUT2D eigenvalue weighted by atomic mass is 10.2. The minimum atomic E-state index is -1.48. The summed E-state index contributed by atoms with van der Waals surface area (Å²) in [5.74, 6) is 0.959. The van der Waals surface area contributed by atoms with Gasteiger partial charge in [-0.2, -0.15) is 4.98 Å². The molecule has 2 rings (SSSR count). The van der Waals surface area contributed by atoms with Crippen molar-refractivity contribution in [2.75, 3.05) is 33.1 Å². The maximum Gasteiger partial charge on any atom is 0.258 e. The van der Waals surface area contributed by atoms with Crippen molar-refractivity contribution in [1.29, 1.82) is 0 Å². The quantitative estimate of drug-likeness (QED) is 0.643. The number of ether oxygens (including phenoxy) is 2. The number of nitrogens with one attached hydrogen (secondary N) is 1. The second-order valence-electron chi connectivity index (χ2n) is 4.89. The number of hydrogen-bond acceptors (Lipinski definition) is 8. The molecule has 1 atom stereocenters. The van der Waals surface area contributed by atoms with Crippen LogP contribution in [0, 0.1) is 0 Å². The summed E-state index contributed by atoms with van der Waals surface area (Å²) in [6, 6.07) is 5.13. The molecule has 0 fully saturated rings. The third-order valence-corrected chi connectivity index (χ3v) is 4.28. The minimum absolute atomic E-state index is 0.0106. The molecule has 0 aliphatic rings. The zero-order valence-corrected chi connectivity index (χ0v) is 16.7. The molecular formula is C17H25N3O6S. The van der Waals surface area contributed by atoms with Gasteiger partial charge in [-0.05, 0) is 18.2 Å². The maximum atomic E-state index is 11.9. The fraction of sp³-hybridized carbons (Fsp3) is 0.471. The number of amides is 1. The molecule has 1 aromatic carbocycles. The lowest BCUT2D eigenvalue weighted by molar-refractivity contribution is -0.118. The van der Waals surface area contributed by atoms with Crippen molar-refractivity contribution in [2.24, 2.45) is 0 Å². The average molecular weight is 399 g/mol. The number of carbonyl (C=O) groups is 1. The molecule has 1 unspecified atom stereocenters. The number of rotatable bonds is 9. The number of benzene rings is 1. The number of aliphatic hydroxyl groups excluding tert-OH is 1. The summed E-state index contributed by atoms with van der Waals surface area (Å²) in [5.41, 5.74) is 0.628. The lowest BCUT2D eigenvalue weighted by Gasteiger charge is -2.07. The summed E-state index contributed by atoms with van der Waals surface area (Å²) >= 11 is 0. The third-order valence-electron chi connectivity index (χ3n) is 3.11. The molecule has 2 aromatic rings. The van der Waals surface area contributed by atoms with Gasteiger partial charge < -0.3 is 24.4 Å². The summed E-state index contributed by atoms with van der Waals surface area (Å²) in [4.78, 5) is 15.6. The molecule has 0 radical (unpaired) electrons. The highest BCUT2D eigenvalue weighted by atomic mass is 32.2. The van der Waals surface area contributed by atoms with Gasteiger partial charge in [0.2, 0.25) is 5.91 Å². The van der Waals surface area contributed by atoms with Crippen LogP contribution in [0.1, 0.15) is 19.7 Å². The number of hydrogen-bond donors (Lipinski definition) is 2. The Hall–Kier alpha value is -2.46. The molecule has 1 amide bonds. The molecule has 150 valence electrons. The first kappa shape index (κ1) is 22.6. The van der Waals surface area contributed by atoms with E-state index >= 15 is 0 Å². The minimum Gasteiger partial charge on any atom is -0.493 e. The van der Waals surface area contributed by atoms with Gasteiger partial charge in [-0.25, -0.2) is 0 Å². The van der Waals surface area contributed by atoms with E-state index in [1.807, 2.05) is 13.8 Å². The zero-order valence-electron chi connectivity index (χ0n) is 15.9. The van der Waals surface area contributed by atoms with Gasteiger partial charge in [-0.1, -0.05) is 19.0 Å². The van der Waals surface area contributed by atoms with E-state index in [0.717, 1.165) is 0 Å². The molecule has 0 bridgehead atoms. The van der Waals surface area contributed by atoms with Gasteiger partial charge in [-0.3, -0.25) is 9.00 Å². The third kappa shape index (κ3) is 6.99. The smallest absolute Gasteiger partial charge is 0.258 e. The molecule has 0 aliphatic carbocycles. The fourth-order valence-electron chi connectivity index (χ4n) is 1.99. The summed E-state index contributed by atoms with van der Waals surface area (Å²) < 4.78 is 27.5. The Balaban J connectivity index is 0.00000176. The highest BCUT2D eigenvalue weighted by molar-refractivity contribution is 7.84. The van der Waals surface area contributed by atoms with Crippen molar-refractivity contribution >= 4 is 16.7 Å². The molecule has 0 saturated carbocycles. The van der Waals surface area contributed by atoms with E-state index in [9.17, 15) is 9.00 Å². The van der Waals surface area contributed by atoms with Crippen molar-refractivity contribution in [1.82, 2.24) is 15.5 Å². The number of methoxy groups -OCH3 is 2. The second kappa shape index (κ2) is 12.0. The number of aromatic nitrogens is 2. The van der Waals surface area contributed by atoms with E-state index in [1.165, 1.54) is 14.2 Å². The van der Waals surface area contributed by atoms with E-state index in [1.54, 1.807) is 18.2 Å². The van der Waals surface area contributed by atoms with E-state index < -0.39 is 16.7 Å². The zero-order chi connectivity index (χ0) is 20.2. The van der Waals surface area contributed by atoms with Crippen LogP contribution >= 0.6 is 0 Å². The molecule has 27 heavy (non-hydrogen) atoms. The Morgan fingerprint density at radius 1 is 1.26 bits per heavy atom. The standard InChI is InChI=1S/C15H19N3O6S.C2H6/c1-22-11-4-3-10(7-12(11)23-2)15-17-13(18-24-15)8-25(21)9-14(20)16-5-6-19;1-2/h3-4,7,19H,5-6,8-9H2,1-2H3,(H,16,20);1-2H3. The van der Waals surface area contributed by atoms with E-state index in [-0.39, 0.29) is 36.4 Å². The van der Waals surface area contributed by atoms with Crippen LogP contribution in [0.25, 0.3) is 11.5 Å². The summed E-state index contributed by atoms with van der Waals surface area (Å²) in [5, 5.41) is 14.8. The molecule has 1 heterocycles. The first-order valence-corrected chi connectivity index (χ1v) is 9.83. The Kier molecular flexibility index (Phi) is 10.1. The monoisotopic (exact) mass is 399 g/mol. The van der Waals surface area contributed by atoms with Crippen LogP contribution < -0.4 is 14.8 Å². The van der Waals surface area contributed by atoms with Crippen LogP contribution in [0.2, 0.25) is 0 Å². The van der Waals surface area contributed by atoms with Crippen LogP contribution in [-0.4, -0.2) is 58.5 Å². The van der Waals surface area contributed by atoms with Crippen molar-refractivity contribution in [3.8, 4) is 23.0 Å². The normalized spacial score (nSPS) is 11.1. The predicted molar refractivity (Wildman–Crippen MR) is 101 cm³/mol. The van der Waals surface area contributed by atoms with Crippen LogP contribution in [0.15, 0.2) is 22.7 Å². The molecule has 2 N–H and O–H groups in total. The highest BCUT2D eigenvalue weighted by Crippen LogP contribution is 2.31. The van der Waals surface area contributed by atoms with Gasteiger partial charge in [-0.15, -0.1) is 0 Å². The van der Waals surface area contributed by atoms with E-state index in [0.29, 0.717) is 17.1 Å². The van der Waals surface area contributed by atoms with Gasteiger partial charge in [0.1, 0.15) is 5.75 Å². The Labute approximate surface area is 160 Å². The van der Waals surface area contributed by atoms with Gasteiger partial charge in [0.15, 0.2) is 17.3 Å². The molecule has 0 aliphatic heterocycles. The van der Waals surface area contributed by atoms with E-state index in [4.69, 9.17) is 19.1 Å². The largest absolute Gasteiger partial charge is 0.493 e. The molecule has 9 nitrogen and oxygen atoms in total. The van der Waals surface area contributed by atoms with Crippen LogP contribution in [0.4, 0.5) is 0 Å². The fourth-order valence-corrected chi connectivity index (χ4v) is 2.89. The average Bonchev–Trinajstić information content (AvgIpc) is 3.15. The topological polar surface area (TPSA) is 124 Å². The Morgan fingerprint density at radius 2 is 1.96 bits per heavy atom. The van der Waals surface area contributed by atoms with Crippen LogP contribution in [0.5, 0.6) is 11.5 Å². The Morgan fingerprint density at radius 3 is 2.59 bits per heavy atom. The SMILES string of the molecule is CC.COc1ccc(-c2nc(CS(=O)CC(=O)NCCO)no2)cc1OC. The molecule has 10 heteroatoms. The van der Waals surface area contributed by atoms with Crippen molar-refractivity contribution < 1.29 is 28.1 Å². The summed E-state index contributed by atoms with van der Waals surface area (Å²) in [6.07, 6.45) is 0. The van der Waals surface area contributed by atoms with Crippen molar-refractivity contribution in [2.45, 2.75) is 19.6 Å². The van der Waals surface area contributed by atoms with Gasteiger partial charge in [0, 0.05) is 22.9 Å². The van der Waals surface area contributed by atoms with Gasteiger partial charge >= 0.3 is 0 Å². The predicted octanol–water partition coefficient (Wildman–Crippen LogP) is 1.14. The first-order valence-electron chi connectivity index (χ1n) is 8.35. The first-order chi connectivity index (χ1) is 13.1.